The van der Waals surface area contributed by atoms with E-state index >= 15 is 0 Å². The summed E-state index contributed by atoms with van der Waals surface area (Å²) >= 11 is 0. The zero-order valence-corrected chi connectivity index (χ0v) is 15.3. The summed E-state index contributed by atoms with van der Waals surface area (Å²) in [6.45, 7) is 5.27. The molecule has 1 saturated heterocycles. The van der Waals surface area contributed by atoms with Gasteiger partial charge in [-0.1, -0.05) is 0 Å². The summed E-state index contributed by atoms with van der Waals surface area (Å²) in [7, 11) is 0. The second-order valence-corrected chi connectivity index (χ2v) is 6.70. The number of benzene rings is 1. The molecule has 1 aromatic carbocycles. The first kappa shape index (κ1) is 17.4. The van der Waals surface area contributed by atoms with Crippen molar-refractivity contribution < 1.29 is 4.79 Å². The summed E-state index contributed by atoms with van der Waals surface area (Å²) in [5.41, 5.74) is 3.53. The number of aryl methyl sites for hydroxylation is 1. The number of hydrogen-bond donors (Lipinski definition) is 1. The maximum Gasteiger partial charge on any atom is 0.257 e. The van der Waals surface area contributed by atoms with Crippen LogP contribution in [0.4, 0.5) is 0 Å². The van der Waals surface area contributed by atoms with Crippen molar-refractivity contribution in [2.75, 3.05) is 26.2 Å². The Labute approximate surface area is 158 Å². The van der Waals surface area contributed by atoms with Gasteiger partial charge in [0.25, 0.3) is 5.91 Å². The number of nitrogens with zero attached hydrogens (tertiary/aromatic N) is 5. The molecular weight excluding hydrogens is 340 g/mol. The summed E-state index contributed by atoms with van der Waals surface area (Å²) in [5.74, 6) is 0.599. The van der Waals surface area contributed by atoms with Gasteiger partial charge < -0.3 is 10.2 Å². The van der Waals surface area contributed by atoms with Gasteiger partial charge in [-0.3, -0.25) is 4.79 Å². The molecule has 7 heteroatoms. The van der Waals surface area contributed by atoms with E-state index in [9.17, 15) is 4.79 Å². The highest BCUT2D eigenvalue weighted by atomic mass is 16.2. The molecule has 0 bridgehead atoms. The van der Waals surface area contributed by atoms with E-state index in [0.717, 1.165) is 49.4 Å². The molecule has 0 aliphatic carbocycles. The first-order valence-electron chi connectivity index (χ1n) is 9.15. The first-order chi connectivity index (χ1) is 13.2. The largest absolute Gasteiger partial charge is 0.337 e. The molecule has 2 aromatic heterocycles. The number of amides is 1. The zero-order valence-electron chi connectivity index (χ0n) is 15.3. The molecule has 3 aromatic rings. The molecule has 3 heterocycles. The van der Waals surface area contributed by atoms with Gasteiger partial charge >= 0.3 is 0 Å². The van der Waals surface area contributed by atoms with E-state index < -0.39 is 0 Å². The molecule has 7 nitrogen and oxygen atoms in total. The number of nitrogens with one attached hydrogen (secondary N) is 1. The molecule has 1 N–H and O–H groups in total. The number of rotatable bonds is 3. The van der Waals surface area contributed by atoms with Gasteiger partial charge in [0.2, 0.25) is 0 Å². The van der Waals surface area contributed by atoms with E-state index in [0.29, 0.717) is 11.4 Å². The Hall–Kier alpha value is -3.06. The Bertz CT molecular complexity index is 908. The quantitative estimate of drug-likeness (QED) is 0.772. The lowest BCUT2D eigenvalue weighted by atomic mass is 10.2. The lowest BCUT2D eigenvalue weighted by Gasteiger charge is -2.19. The second kappa shape index (κ2) is 7.67. The van der Waals surface area contributed by atoms with Gasteiger partial charge in [0, 0.05) is 43.8 Å². The minimum Gasteiger partial charge on any atom is -0.337 e. The smallest absolute Gasteiger partial charge is 0.257 e. The highest BCUT2D eigenvalue weighted by Gasteiger charge is 2.18. The van der Waals surface area contributed by atoms with E-state index in [1.807, 2.05) is 53.2 Å². The van der Waals surface area contributed by atoms with Crippen LogP contribution in [0.15, 0.2) is 49.1 Å². The highest BCUT2D eigenvalue weighted by Crippen LogP contribution is 2.18. The van der Waals surface area contributed by atoms with Gasteiger partial charge in [-0.2, -0.15) is 5.10 Å². The Kier molecular flexibility index (Phi) is 4.93. The van der Waals surface area contributed by atoms with Crippen LogP contribution >= 0.6 is 0 Å². The number of hydrogen-bond acceptors (Lipinski definition) is 5. The fourth-order valence-electron chi connectivity index (χ4n) is 3.14. The molecule has 0 radical (unpaired) electrons. The lowest BCUT2D eigenvalue weighted by Crippen LogP contribution is -2.34. The van der Waals surface area contributed by atoms with Crippen molar-refractivity contribution in [3.8, 4) is 17.1 Å². The predicted octanol–water partition coefficient (Wildman–Crippen LogP) is 2.07. The van der Waals surface area contributed by atoms with Gasteiger partial charge in [-0.15, -0.1) is 0 Å². The van der Waals surface area contributed by atoms with Crippen LogP contribution in [0.25, 0.3) is 17.1 Å². The van der Waals surface area contributed by atoms with Crippen molar-refractivity contribution in [2.24, 2.45) is 0 Å². The van der Waals surface area contributed by atoms with Crippen molar-refractivity contribution in [3.63, 3.8) is 0 Å². The molecular formula is C20H22N6O. The van der Waals surface area contributed by atoms with E-state index in [1.165, 1.54) is 0 Å². The number of carbonyl (C=O) groups is 1. The molecule has 4 rings (SSSR count). The first-order valence-corrected chi connectivity index (χ1v) is 9.15. The Morgan fingerprint density at radius 1 is 1.04 bits per heavy atom. The zero-order chi connectivity index (χ0) is 18.6. The fourth-order valence-corrected chi connectivity index (χ4v) is 3.14. The third kappa shape index (κ3) is 3.88. The predicted molar refractivity (Wildman–Crippen MR) is 103 cm³/mol. The van der Waals surface area contributed by atoms with Crippen molar-refractivity contribution in [1.29, 1.82) is 0 Å². The minimum absolute atomic E-state index is 0.00495. The van der Waals surface area contributed by atoms with Crippen molar-refractivity contribution in [2.45, 2.75) is 13.3 Å². The summed E-state index contributed by atoms with van der Waals surface area (Å²) in [5, 5.41) is 7.61. The molecule has 0 unspecified atom stereocenters. The maximum absolute atomic E-state index is 12.6. The average molecular weight is 362 g/mol. The maximum atomic E-state index is 12.6. The summed E-state index contributed by atoms with van der Waals surface area (Å²) in [6.07, 6.45) is 8.01. The van der Waals surface area contributed by atoms with Crippen LogP contribution in [0, 0.1) is 6.92 Å². The van der Waals surface area contributed by atoms with Crippen molar-refractivity contribution in [3.05, 3.63) is 60.2 Å². The van der Waals surface area contributed by atoms with Gasteiger partial charge in [0.15, 0.2) is 5.82 Å². The number of carbonyl (C=O) groups excluding carboxylic acids is 1. The lowest BCUT2D eigenvalue weighted by molar-refractivity contribution is 0.0765. The van der Waals surface area contributed by atoms with Crippen molar-refractivity contribution in [1.82, 2.24) is 30.0 Å². The van der Waals surface area contributed by atoms with Gasteiger partial charge in [-0.05, 0) is 49.7 Å². The highest BCUT2D eigenvalue weighted by molar-refractivity contribution is 5.93. The van der Waals surface area contributed by atoms with E-state index in [1.54, 1.807) is 12.4 Å². The van der Waals surface area contributed by atoms with Crippen LogP contribution in [0.3, 0.4) is 0 Å². The number of aromatic nitrogens is 4. The molecule has 0 atom stereocenters. The third-order valence-electron chi connectivity index (χ3n) is 4.63. The Morgan fingerprint density at radius 3 is 2.52 bits per heavy atom. The molecule has 0 spiro atoms. The molecule has 1 aliphatic heterocycles. The Balaban J connectivity index is 1.49. The van der Waals surface area contributed by atoms with Gasteiger partial charge in [-0.25, -0.2) is 14.6 Å². The van der Waals surface area contributed by atoms with E-state index in [2.05, 4.69) is 20.4 Å². The SMILES string of the molecule is Cc1cnn(-c2ccc(-c3ncc(C(=O)N4CCCNCC4)cn3)cc2)c1. The summed E-state index contributed by atoms with van der Waals surface area (Å²) in [6, 6.07) is 7.89. The summed E-state index contributed by atoms with van der Waals surface area (Å²) < 4.78 is 1.83. The second-order valence-electron chi connectivity index (χ2n) is 6.70. The molecule has 27 heavy (non-hydrogen) atoms. The van der Waals surface area contributed by atoms with Gasteiger partial charge in [0.05, 0.1) is 17.4 Å². The topological polar surface area (TPSA) is 75.9 Å². The molecule has 1 fully saturated rings. The summed E-state index contributed by atoms with van der Waals surface area (Å²) in [4.78, 5) is 23.3. The average Bonchev–Trinajstić information content (AvgIpc) is 2.97. The minimum atomic E-state index is -0.00495. The van der Waals surface area contributed by atoms with Crippen molar-refractivity contribution >= 4 is 5.91 Å². The van der Waals surface area contributed by atoms with Crippen LogP contribution in [-0.2, 0) is 0 Å². The molecule has 1 aliphatic rings. The molecule has 0 saturated carbocycles. The van der Waals surface area contributed by atoms with Crippen LogP contribution in [0.5, 0.6) is 0 Å². The van der Waals surface area contributed by atoms with Crippen LogP contribution < -0.4 is 5.32 Å². The third-order valence-corrected chi connectivity index (χ3v) is 4.63. The van der Waals surface area contributed by atoms with Crippen LogP contribution in [0.1, 0.15) is 22.3 Å². The van der Waals surface area contributed by atoms with Crippen LogP contribution in [-0.4, -0.2) is 56.7 Å². The Morgan fingerprint density at radius 2 is 1.81 bits per heavy atom. The van der Waals surface area contributed by atoms with Gasteiger partial charge in [0.1, 0.15) is 0 Å². The molecule has 1 amide bonds. The van der Waals surface area contributed by atoms with E-state index in [-0.39, 0.29) is 5.91 Å². The van der Waals surface area contributed by atoms with E-state index in [4.69, 9.17) is 0 Å². The monoisotopic (exact) mass is 362 g/mol. The fraction of sp³-hybridized carbons (Fsp3) is 0.300. The normalized spacial score (nSPS) is 14.8. The van der Waals surface area contributed by atoms with Crippen LogP contribution in [0.2, 0.25) is 0 Å². The standard InChI is InChI=1S/C20H22N6O/c1-15-11-24-26(14-15)18-5-3-16(4-6-18)19-22-12-17(13-23-19)20(27)25-9-2-7-21-8-10-25/h3-6,11-14,21H,2,7-10H2,1H3. The molecule has 138 valence electrons.